The zero-order valence-corrected chi connectivity index (χ0v) is 10.4. The molecule has 1 heterocycles. The number of aromatic nitrogens is 3. The lowest BCUT2D eigenvalue weighted by molar-refractivity contribution is 0.973. The van der Waals surface area contributed by atoms with Crippen LogP contribution in [-0.2, 0) is 6.54 Å². The van der Waals surface area contributed by atoms with Crippen LogP contribution in [0.5, 0.6) is 0 Å². The van der Waals surface area contributed by atoms with Gasteiger partial charge in [-0.25, -0.2) is 4.98 Å². The highest BCUT2D eigenvalue weighted by Gasteiger charge is 2.07. The van der Waals surface area contributed by atoms with E-state index in [1.54, 1.807) is 11.8 Å². The minimum absolute atomic E-state index is 0.549. The van der Waals surface area contributed by atoms with E-state index in [1.807, 2.05) is 12.1 Å². The summed E-state index contributed by atoms with van der Waals surface area (Å²) in [6, 6.07) is 12.4. The summed E-state index contributed by atoms with van der Waals surface area (Å²) in [7, 11) is 0. The predicted molar refractivity (Wildman–Crippen MR) is 72.3 cm³/mol. The lowest BCUT2D eigenvalue weighted by Crippen LogP contribution is -1.97. The number of rotatable bonds is 3. The van der Waals surface area contributed by atoms with Crippen LogP contribution in [0.4, 0.5) is 0 Å². The van der Waals surface area contributed by atoms with Crippen molar-refractivity contribution in [2.45, 2.75) is 16.6 Å². The SMILES string of the molecule is NCc1ccc(Sc2ncn[nH]2)c2ccccc12. The number of aromatic amines is 1. The van der Waals surface area contributed by atoms with Gasteiger partial charge in [-0.05, 0) is 34.2 Å². The number of H-pyrrole nitrogens is 1. The monoisotopic (exact) mass is 256 g/mol. The molecule has 0 atom stereocenters. The predicted octanol–water partition coefficient (Wildman–Crippen LogP) is 2.57. The molecule has 0 bridgehead atoms. The average Bonchev–Trinajstić information content (AvgIpc) is 2.92. The second kappa shape index (κ2) is 4.80. The standard InChI is InChI=1S/C13H12N4S/c14-7-9-5-6-12(18-13-15-8-16-17-13)11-4-2-1-3-10(9)11/h1-6,8H,7,14H2,(H,15,16,17). The molecular formula is C13H12N4S. The normalized spacial score (nSPS) is 10.9. The summed E-state index contributed by atoms with van der Waals surface area (Å²) in [5.74, 6) is 0. The zero-order valence-electron chi connectivity index (χ0n) is 9.63. The number of hydrogen-bond donors (Lipinski definition) is 2. The van der Waals surface area contributed by atoms with E-state index in [0.717, 1.165) is 15.6 Å². The van der Waals surface area contributed by atoms with Gasteiger partial charge in [0.05, 0.1) is 0 Å². The van der Waals surface area contributed by atoms with Crippen LogP contribution in [0.3, 0.4) is 0 Å². The molecule has 3 N–H and O–H groups in total. The molecule has 0 amide bonds. The fraction of sp³-hybridized carbons (Fsp3) is 0.0769. The molecule has 0 aliphatic heterocycles. The third-order valence-electron chi connectivity index (χ3n) is 2.79. The second-order valence-corrected chi connectivity index (χ2v) is 4.90. The molecular weight excluding hydrogens is 244 g/mol. The Morgan fingerprint density at radius 1 is 1.11 bits per heavy atom. The van der Waals surface area contributed by atoms with E-state index in [2.05, 4.69) is 39.4 Å². The van der Waals surface area contributed by atoms with Gasteiger partial charge in [-0.15, -0.1) is 0 Å². The van der Waals surface area contributed by atoms with E-state index in [-0.39, 0.29) is 0 Å². The molecule has 3 aromatic rings. The van der Waals surface area contributed by atoms with Gasteiger partial charge in [0.2, 0.25) is 0 Å². The maximum Gasteiger partial charge on any atom is 0.188 e. The largest absolute Gasteiger partial charge is 0.326 e. The van der Waals surface area contributed by atoms with Crippen molar-refractivity contribution in [1.82, 2.24) is 15.2 Å². The fourth-order valence-electron chi connectivity index (χ4n) is 1.95. The molecule has 0 aliphatic carbocycles. The van der Waals surface area contributed by atoms with Crippen molar-refractivity contribution in [3.8, 4) is 0 Å². The summed E-state index contributed by atoms with van der Waals surface area (Å²) < 4.78 is 0. The number of fused-ring (bicyclic) bond motifs is 1. The summed E-state index contributed by atoms with van der Waals surface area (Å²) in [4.78, 5) is 5.28. The molecule has 1 aromatic heterocycles. The third-order valence-corrected chi connectivity index (χ3v) is 3.76. The molecule has 0 saturated carbocycles. The molecule has 2 aromatic carbocycles. The third kappa shape index (κ3) is 1.98. The van der Waals surface area contributed by atoms with Crippen LogP contribution >= 0.6 is 11.8 Å². The average molecular weight is 256 g/mol. The summed E-state index contributed by atoms with van der Waals surface area (Å²) >= 11 is 1.57. The number of benzene rings is 2. The summed E-state index contributed by atoms with van der Waals surface area (Å²) in [5, 5.41) is 9.90. The summed E-state index contributed by atoms with van der Waals surface area (Å²) in [5.41, 5.74) is 6.93. The van der Waals surface area contributed by atoms with Gasteiger partial charge in [0.1, 0.15) is 6.33 Å². The van der Waals surface area contributed by atoms with Gasteiger partial charge in [0.15, 0.2) is 5.16 Å². The molecule has 0 spiro atoms. The highest BCUT2D eigenvalue weighted by molar-refractivity contribution is 7.99. The number of nitrogens with zero attached hydrogens (tertiary/aromatic N) is 2. The molecule has 18 heavy (non-hydrogen) atoms. The first-order chi connectivity index (χ1) is 8.88. The Labute approximate surface area is 109 Å². The van der Waals surface area contributed by atoms with Gasteiger partial charge in [-0.3, -0.25) is 5.10 Å². The van der Waals surface area contributed by atoms with E-state index < -0.39 is 0 Å². The van der Waals surface area contributed by atoms with Crippen molar-refractivity contribution in [2.75, 3.05) is 0 Å². The first-order valence-corrected chi connectivity index (χ1v) is 6.44. The van der Waals surface area contributed by atoms with Crippen LogP contribution in [0.2, 0.25) is 0 Å². The Morgan fingerprint density at radius 3 is 2.67 bits per heavy atom. The van der Waals surface area contributed by atoms with E-state index in [4.69, 9.17) is 5.73 Å². The fourth-order valence-corrected chi connectivity index (χ4v) is 2.78. The minimum atomic E-state index is 0.549. The molecule has 4 nitrogen and oxygen atoms in total. The molecule has 0 saturated heterocycles. The highest BCUT2D eigenvalue weighted by atomic mass is 32.2. The topological polar surface area (TPSA) is 67.6 Å². The van der Waals surface area contributed by atoms with Gasteiger partial charge in [0.25, 0.3) is 0 Å². The molecule has 0 radical (unpaired) electrons. The van der Waals surface area contributed by atoms with Crippen LogP contribution in [0, 0.1) is 0 Å². The van der Waals surface area contributed by atoms with Crippen LogP contribution in [0.15, 0.2) is 52.8 Å². The van der Waals surface area contributed by atoms with Gasteiger partial charge in [-0.1, -0.05) is 30.3 Å². The maximum atomic E-state index is 5.77. The zero-order chi connectivity index (χ0) is 12.4. The van der Waals surface area contributed by atoms with E-state index >= 15 is 0 Å². The first-order valence-electron chi connectivity index (χ1n) is 5.62. The van der Waals surface area contributed by atoms with Crippen molar-refractivity contribution in [1.29, 1.82) is 0 Å². The van der Waals surface area contributed by atoms with Crippen molar-refractivity contribution >= 4 is 22.5 Å². The number of nitrogens with two attached hydrogens (primary N) is 1. The second-order valence-electron chi connectivity index (χ2n) is 3.87. The number of nitrogens with one attached hydrogen (secondary N) is 1. The van der Waals surface area contributed by atoms with Gasteiger partial charge >= 0.3 is 0 Å². The Morgan fingerprint density at radius 2 is 1.94 bits per heavy atom. The van der Waals surface area contributed by atoms with E-state index in [1.165, 1.54) is 17.1 Å². The van der Waals surface area contributed by atoms with Crippen molar-refractivity contribution in [2.24, 2.45) is 5.73 Å². The van der Waals surface area contributed by atoms with E-state index in [9.17, 15) is 0 Å². The van der Waals surface area contributed by atoms with Crippen molar-refractivity contribution < 1.29 is 0 Å². The van der Waals surface area contributed by atoms with E-state index in [0.29, 0.717) is 6.54 Å². The molecule has 3 rings (SSSR count). The Kier molecular flexibility index (Phi) is 3.00. The van der Waals surface area contributed by atoms with Crippen LogP contribution in [0.25, 0.3) is 10.8 Å². The molecule has 0 aliphatic rings. The Bertz CT molecular complexity index is 664. The van der Waals surface area contributed by atoms with Crippen LogP contribution in [0.1, 0.15) is 5.56 Å². The minimum Gasteiger partial charge on any atom is -0.326 e. The lowest BCUT2D eigenvalue weighted by atomic mass is 10.0. The van der Waals surface area contributed by atoms with Gasteiger partial charge in [0, 0.05) is 11.4 Å². The Hall–Kier alpha value is -1.85. The Balaban J connectivity index is 2.13. The smallest absolute Gasteiger partial charge is 0.188 e. The van der Waals surface area contributed by atoms with Crippen LogP contribution < -0.4 is 5.73 Å². The van der Waals surface area contributed by atoms with Gasteiger partial charge in [-0.2, -0.15) is 5.10 Å². The summed E-state index contributed by atoms with van der Waals surface area (Å²) in [6.45, 7) is 0.549. The molecule has 0 fully saturated rings. The molecule has 90 valence electrons. The lowest BCUT2D eigenvalue weighted by Gasteiger charge is -2.08. The molecule has 5 heteroatoms. The maximum absolute atomic E-state index is 5.77. The van der Waals surface area contributed by atoms with Crippen molar-refractivity contribution in [3.05, 3.63) is 48.3 Å². The van der Waals surface area contributed by atoms with Crippen LogP contribution in [-0.4, -0.2) is 15.2 Å². The highest BCUT2D eigenvalue weighted by Crippen LogP contribution is 2.32. The quantitative estimate of drug-likeness (QED) is 0.755. The summed E-state index contributed by atoms with van der Waals surface area (Å²) in [6.07, 6.45) is 1.51. The van der Waals surface area contributed by atoms with Crippen molar-refractivity contribution in [3.63, 3.8) is 0 Å². The first kappa shape index (κ1) is 11.3. The number of hydrogen-bond acceptors (Lipinski definition) is 4. The molecule has 0 unspecified atom stereocenters. The van der Waals surface area contributed by atoms with Gasteiger partial charge < -0.3 is 5.73 Å².